The predicted molar refractivity (Wildman–Crippen MR) is 78.6 cm³/mol. The number of nitrogens with zero attached hydrogens (tertiary/aromatic N) is 1. The zero-order valence-electron chi connectivity index (χ0n) is 12.0. The van der Waals surface area contributed by atoms with Crippen LogP contribution in [-0.2, 0) is 10.0 Å². The summed E-state index contributed by atoms with van der Waals surface area (Å²) in [4.78, 5) is -0.694. The molecule has 0 N–H and O–H groups in total. The molecule has 0 saturated carbocycles. The highest BCUT2D eigenvalue weighted by Crippen LogP contribution is 2.37. The lowest BCUT2D eigenvalue weighted by molar-refractivity contribution is 0.392. The Morgan fingerprint density at radius 1 is 1.00 bits per heavy atom. The average molecular weight is 341 g/mol. The molecule has 0 spiro atoms. The van der Waals surface area contributed by atoms with E-state index in [0.29, 0.717) is 24.5 Å². The van der Waals surface area contributed by atoms with E-state index in [-0.39, 0.29) is 6.54 Å². The van der Waals surface area contributed by atoms with Crippen molar-refractivity contribution in [1.29, 1.82) is 0 Å². The Balaban J connectivity index is 2.03. The van der Waals surface area contributed by atoms with E-state index in [1.807, 2.05) is 0 Å². The summed E-state index contributed by atoms with van der Waals surface area (Å²) >= 11 is 0. The molecule has 0 radical (unpaired) electrons. The molecule has 0 aliphatic carbocycles. The Morgan fingerprint density at radius 2 is 1.74 bits per heavy atom. The Hall–Kier alpha value is -1.86. The van der Waals surface area contributed by atoms with Gasteiger partial charge in [-0.15, -0.1) is 0 Å². The second-order valence-electron chi connectivity index (χ2n) is 5.40. The highest BCUT2D eigenvalue weighted by molar-refractivity contribution is 7.89. The van der Waals surface area contributed by atoms with Crippen molar-refractivity contribution in [2.75, 3.05) is 6.54 Å². The monoisotopic (exact) mass is 341 g/mol. The van der Waals surface area contributed by atoms with E-state index in [1.165, 1.54) is 18.2 Å². The molecule has 0 aromatic heterocycles. The van der Waals surface area contributed by atoms with E-state index < -0.39 is 38.4 Å². The molecule has 23 heavy (non-hydrogen) atoms. The van der Waals surface area contributed by atoms with Gasteiger partial charge in [-0.3, -0.25) is 0 Å². The minimum absolute atomic E-state index is 0.180. The molecule has 3 nitrogen and oxygen atoms in total. The van der Waals surface area contributed by atoms with Gasteiger partial charge in [-0.1, -0.05) is 12.1 Å². The van der Waals surface area contributed by atoms with Crippen LogP contribution in [0.1, 0.15) is 24.4 Å². The van der Waals surface area contributed by atoms with Crippen LogP contribution in [0.5, 0.6) is 0 Å². The molecule has 1 aliphatic rings. The summed E-state index contributed by atoms with van der Waals surface area (Å²) in [5.41, 5.74) is 0.503. The zero-order chi connectivity index (χ0) is 16.6. The molecule has 1 heterocycles. The molecular formula is C16H14F3NO2S. The topological polar surface area (TPSA) is 37.4 Å². The van der Waals surface area contributed by atoms with Gasteiger partial charge in [0.25, 0.3) is 0 Å². The van der Waals surface area contributed by atoms with Crippen molar-refractivity contribution >= 4 is 10.0 Å². The van der Waals surface area contributed by atoms with Crippen LogP contribution in [0, 0.1) is 17.5 Å². The van der Waals surface area contributed by atoms with Crippen molar-refractivity contribution in [3.05, 3.63) is 65.5 Å². The van der Waals surface area contributed by atoms with E-state index in [1.54, 1.807) is 6.07 Å². The predicted octanol–water partition coefficient (Wildman–Crippen LogP) is 3.63. The smallest absolute Gasteiger partial charge is 0.207 e. The Bertz CT molecular complexity index is 839. The van der Waals surface area contributed by atoms with Crippen LogP contribution in [0.15, 0.2) is 47.4 Å². The van der Waals surface area contributed by atoms with Crippen LogP contribution in [0.4, 0.5) is 13.2 Å². The lowest BCUT2D eigenvalue weighted by Gasteiger charge is -2.24. The van der Waals surface area contributed by atoms with Crippen molar-refractivity contribution in [3.63, 3.8) is 0 Å². The molecule has 1 saturated heterocycles. The van der Waals surface area contributed by atoms with Gasteiger partial charge in [0.1, 0.15) is 22.3 Å². The van der Waals surface area contributed by atoms with E-state index >= 15 is 0 Å². The van der Waals surface area contributed by atoms with E-state index in [9.17, 15) is 21.6 Å². The van der Waals surface area contributed by atoms with Gasteiger partial charge in [0, 0.05) is 6.54 Å². The molecule has 1 atom stereocenters. The maximum Gasteiger partial charge on any atom is 0.246 e. The standard InChI is InChI=1S/C16H14F3NO2S/c17-12-4-1-3-11(9-12)15-5-2-8-20(15)23(21,22)16-10-13(18)6-7-14(16)19/h1,3-4,6-7,9-10,15H,2,5,8H2/t15-/m0/s1. The third-order valence-electron chi connectivity index (χ3n) is 3.92. The van der Waals surface area contributed by atoms with Gasteiger partial charge >= 0.3 is 0 Å². The fourth-order valence-corrected chi connectivity index (χ4v) is 4.64. The maximum atomic E-state index is 13.9. The van der Waals surface area contributed by atoms with Gasteiger partial charge in [-0.05, 0) is 48.7 Å². The number of sulfonamides is 1. The molecule has 3 rings (SSSR count). The van der Waals surface area contributed by atoms with Crippen LogP contribution in [-0.4, -0.2) is 19.3 Å². The van der Waals surface area contributed by atoms with Crippen LogP contribution >= 0.6 is 0 Å². The van der Waals surface area contributed by atoms with Gasteiger partial charge < -0.3 is 0 Å². The summed E-state index contributed by atoms with van der Waals surface area (Å²) in [6, 6.07) is 7.39. The molecule has 2 aromatic carbocycles. The Kier molecular flexibility index (Phi) is 4.16. The largest absolute Gasteiger partial charge is 0.246 e. The first-order valence-corrected chi connectivity index (χ1v) is 8.56. The van der Waals surface area contributed by atoms with Crippen molar-refractivity contribution < 1.29 is 21.6 Å². The molecule has 2 aromatic rings. The van der Waals surface area contributed by atoms with Crippen LogP contribution in [0.3, 0.4) is 0 Å². The fraction of sp³-hybridized carbons (Fsp3) is 0.250. The number of halogens is 3. The third-order valence-corrected chi connectivity index (χ3v) is 5.84. The van der Waals surface area contributed by atoms with Gasteiger partial charge in [-0.25, -0.2) is 21.6 Å². The molecular weight excluding hydrogens is 327 g/mol. The summed E-state index contributed by atoms with van der Waals surface area (Å²) in [5, 5.41) is 0. The van der Waals surface area contributed by atoms with Crippen LogP contribution in [0.25, 0.3) is 0 Å². The normalized spacial score (nSPS) is 19.2. The summed E-state index contributed by atoms with van der Waals surface area (Å²) in [7, 11) is -4.21. The van der Waals surface area contributed by atoms with Crippen LogP contribution < -0.4 is 0 Å². The SMILES string of the molecule is O=S(=O)(c1cc(F)ccc1F)N1CCC[C@H]1c1cccc(F)c1. The van der Waals surface area contributed by atoms with E-state index in [2.05, 4.69) is 0 Å². The quantitative estimate of drug-likeness (QED) is 0.855. The van der Waals surface area contributed by atoms with Gasteiger partial charge in [0.05, 0.1) is 6.04 Å². The number of rotatable bonds is 3. The number of hydrogen-bond acceptors (Lipinski definition) is 2. The summed E-state index contributed by atoms with van der Waals surface area (Å²) in [6.07, 6.45) is 1.07. The average Bonchev–Trinajstić information content (AvgIpc) is 3.00. The second kappa shape index (κ2) is 5.98. The van der Waals surface area contributed by atoms with Crippen molar-refractivity contribution in [1.82, 2.24) is 4.31 Å². The Morgan fingerprint density at radius 3 is 2.48 bits per heavy atom. The Labute approximate surface area is 132 Å². The fourth-order valence-electron chi connectivity index (χ4n) is 2.88. The zero-order valence-corrected chi connectivity index (χ0v) is 12.9. The lowest BCUT2D eigenvalue weighted by Crippen LogP contribution is -2.31. The molecule has 0 bridgehead atoms. The molecule has 0 amide bonds. The first-order valence-electron chi connectivity index (χ1n) is 7.12. The van der Waals surface area contributed by atoms with Gasteiger partial charge in [0.2, 0.25) is 10.0 Å². The minimum Gasteiger partial charge on any atom is -0.207 e. The van der Waals surface area contributed by atoms with Gasteiger partial charge in [0.15, 0.2) is 0 Å². The highest BCUT2D eigenvalue weighted by atomic mass is 32.2. The maximum absolute atomic E-state index is 13.9. The second-order valence-corrected chi connectivity index (χ2v) is 7.26. The molecule has 7 heteroatoms. The van der Waals surface area contributed by atoms with E-state index in [0.717, 1.165) is 16.4 Å². The molecule has 1 aliphatic heterocycles. The van der Waals surface area contributed by atoms with Crippen LogP contribution in [0.2, 0.25) is 0 Å². The minimum atomic E-state index is -4.21. The van der Waals surface area contributed by atoms with Crippen molar-refractivity contribution in [3.8, 4) is 0 Å². The summed E-state index contributed by atoms with van der Waals surface area (Å²) in [5.74, 6) is -2.30. The molecule has 0 unspecified atom stereocenters. The first kappa shape index (κ1) is 16.0. The highest BCUT2D eigenvalue weighted by Gasteiger charge is 2.37. The summed E-state index contributed by atoms with van der Waals surface area (Å²) < 4.78 is 67.1. The van der Waals surface area contributed by atoms with Crippen molar-refractivity contribution in [2.24, 2.45) is 0 Å². The first-order chi connectivity index (χ1) is 10.9. The van der Waals surface area contributed by atoms with E-state index in [4.69, 9.17) is 0 Å². The van der Waals surface area contributed by atoms with Gasteiger partial charge in [-0.2, -0.15) is 4.31 Å². The summed E-state index contributed by atoms with van der Waals surface area (Å²) in [6.45, 7) is 0.180. The van der Waals surface area contributed by atoms with Crippen molar-refractivity contribution in [2.45, 2.75) is 23.8 Å². The number of benzene rings is 2. The lowest BCUT2D eigenvalue weighted by atomic mass is 10.1. The molecule has 122 valence electrons. The molecule has 1 fully saturated rings. The third kappa shape index (κ3) is 2.98. The number of hydrogen-bond donors (Lipinski definition) is 0.